The first kappa shape index (κ1) is 29.0. The van der Waals surface area contributed by atoms with E-state index >= 15 is 0 Å². The van der Waals surface area contributed by atoms with Gasteiger partial charge in [-0.2, -0.15) is 0 Å². The zero-order valence-corrected chi connectivity index (χ0v) is 23.9. The molecule has 0 saturated carbocycles. The number of methoxy groups -OCH3 is 1. The Labute approximate surface area is 242 Å². The standard InChI is InChI=1S/C26H27ClN4O5S3/c1-36-26(33)30-21(14-16-5-3-2-4-6-16)24(32)28-20(13-17-7-9-18(10-8-17)31-39(34)35)22-15-38-25(29-22)23-19(27)11-12-37-23/h2-12,15,20-21,25,29,31H,13-14H2,1H3,(H,28,32)(H,30,33)(H,34,35)/p-1/t20-,21-,25?/m0/s1. The normalized spacial score (nSPS) is 16.8. The molecule has 206 valence electrons. The largest absolute Gasteiger partial charge is 0.755 e. The van der Waals surface area contributed by atoms with Crippen molar-refractivity contribution in [1.82, 2.24) is 16.0 Å². The highest BCUT2D eigenvalue weighted by Gasteiger charge is 2.30. The average molecular weight is 606 g/mol. The topological polar surface area (TPSA) is 132 Å². The Bertz CT molecular complexity index is 1340. The Morgan fingerprint density at radius 3 is 2.44 bits per heavy atom. The summed E-state index contributed by atoms with van der Waals surface area (Å²) in [6, 6.07) is 16.8. The van der Waals surface area contributed by atoms with Crippen molar-refractivity contribution in [3.63, 3.8) is 0 Å². The van der Waals surface area contributed by atoms with Gasteiger partial charge in [0.25, 0.3) is 0 Å². The molecule has 0 radical (unpaired) electrons. The Hall–Kier alpha value is -3.03. The van der Waals surface area contributed by atoms with Crippen LogP contribution in [-0.2, 0) is 33.6 Å². The van der Waals surface area contributed by atoms with Crippen molar-refractivity contribution >= 4 is 63.7 Å². The molecular weight excluding hydrogens is 580 g/mol. The molecule has 13 heteroatoms. The molecule has 39 heavy (non-hydrogen) atoms. The van der Waals surface area contributed by atoms with Gasteiger partial charge in [-0.3, -0.25) is 9.00 Å². The zero-order valence-electron chi connectivity index (χ0n) is 20.7. The maximum atomic E-state index is 13.6. The van der Waals surface area contributed by atoms with Crippen molar-refractivity contribution < 1.29 is 23.1 Å². The van der Waals surface area contributed by atoms with E-state index in [9.17, 15) is 18.4 Å². The summed E-state index contributed by atoms with van der Waals surface area (Å²) in [4.78, 5) is 26.6. The van der Waals surface area contributed by atoms with Crippen LogP contribution >= 0.6 is 34.7 Å². The van der Waals surface area contributed by atoms with Gasteiger partial charge < -0.3 is 30.0 Å². The van der Waals surface area contributed by atoms with Gasteiger partial charge in [-0.1, -0.05) is 54.1 Å². The van der Waals surface area contributed by atoms with E-state index in [1.165, 1.54) is 7.11 Å². The summed E-state index contributed by atoms with van der Waals surface area (Å²) >= 11 is 7.03. The molecule has 2 amide bonds. The smallest absolute Gasteiger partial charge is 0.407 e. The molecule has 4 N–H and O–H groups in total. The number of carbonyl (C=O) groups excluding carboxylic acids is 2. The molecule has 2 heterocycles. The second kappa shape index (κ2) is 13.9. The summed E-state index contributed by atoms with van der Waals surface area (Å²) in [7, 11) is 1.25. The van der Waals surface area contributed by atoms with Crippen LogP contribution in [0, 0.1) is 0 Å². The van der Waals surface area contributed by atoms with Crippen LogP contribution in [0.1, 0.15) is 21.4 Å². The highest BCUT2D eigenvalue weighted by molar-refractivity contribution is 8.02. The summed E-state index contributed by atoms with van der Waals surface area (Å²) in [5.41, 5.74) is 2.97. The quantitative estimate of drug-likeness (QED) is 0.237. The third kappa shape index (κ3) is 8.23. The van der Waals surface area contributed by atoms with E-state index in [2.05, 4.69) is 20.7 Å². The predicted molar refractivity (Wildman–Crippen MR) is 155 cm³/mol. The van der Waals surface area contributed by atoms with Crippen LogP contribution in [0.25, 0.3) is 0 Å². The number of halogens is 1. The maximum absolute atomic E-state index is 13.6. The number of hydrogen-bond donors (Lipinski definition) is 4. The fourth-order valence-corrected chi connectivity index (χ4v) is 6.77. The summed E-state index contributed by atoms with van der Waals surface area (Å²) < 4.78 is 29.0. The lowest BCUT2D eigenvalue weighted by molar-refractivity contribution is -0.123. The number of benzene rings is 2. The van der Waals surface area contributed by atoms with Crippen LogP contribution in [0.15, 0.2) is 77.1 Å². The monoisotopic (exact) mass is 605 g/mol. The van der Waals surface area contributed by atoms with Crippen molar-refractivity contribution in [3.8, 4) is 0 Å². The minimum Gasteiger partial charge on any atom is -0.755 e. The number of ether oxygens (including phenoxy) is 1. The van der Waals surface area contributed by atoms with E-state index in [1.807, 2.05) is 47.2 Å². The number of anilines is 1. The number of alkyl carbamates (subject to hydrolysis) is 1. The van der Waals surface area contributed by atoms with Crippen LogP contribution in [0.3, 0.4) is 0 Å². The summed E-state index contributed by atoms with van der Waals surface area (Å²) in [6.07, 6.45) is -0.0225. The van der Waals surface area contributed by atoms with Crippen molar-refractivity contribution in [2.45, 2.75) is 30.3 Å². The van der Waals surface area contributed by atoms with Crippen LogP contribution in [0.4, 0.5) is 10.5 Å². The highest BCUT2D eigenvalue weighted by atomic mass is 35.5. The summed E-state index contributed by atoms with van der Waals surface area (Å²) in [5.74, 6) is -0.375. The van der Waals surface area contributed by atoms with Crippen molar-refractivity contribution in [2.75, 3.05) is 11.8 Å². The van der Waals surface area contributed by atoms with Crippen molar-refractivity contribution in [1.29, 1.82) is 0 Å². The molecule has 4 atom stereocenters. The molecule has 2 aromatic carbocycles. The van der Waals surface area contributed by atoms with Crippen molar-refractivity contribution in [2.24, 2.45) is 0 Å². The molecule has 1 aromatic heterocycles. The van der Waals surface area contributed by atoms with Crippen LogP contribution in [0.5, 0.6) is 0 Å². The molecule has 4 rings (SSSR count). The zero-order chi connectivity index (χ0) is 27.8. The third-order valence-corrected chi connectivity index (χ3v) is 8.87. The first-order valence-corrected chi connectivity index (χ1v) is 15.1. The average Bonchev–Trinajstić information content (AvgIpc) is 3.58. The number of hydrogen-bond acceptors (Lipinski definition) is 8. The van der Waals surface area contributed by atoms with Gasteiger partial charge in [0.1, 0.15) is 11.4 Å². The fourth-order valence-electron chi connectivity index (χ4n) is 3.98. The molecule has 0 fully saturated rings. The maximum Gasteiger partial charge on any atom is 0.407 e. The second-order valence-corrected chi connectivity index (χ2v) is 11.6. The number of thiophene rings is 1. The van der Waals surface area contributed by atoms with E-state index in [0.29, 0.717) is 17.1 Å². The van der Waals surface area contributed by atoms with E-state index in [0.717, 1.165) is 21.7 Å². The Morgan fingerprint density at radius 2 is 1.79 bits per heavy atom. The van der Waals surface area contributed by atoms with Gasteiger partial charge in [-0.05, 0) is 46.5 Å². The molecule has 0 saturated heterocycles. The fraction of sp³-hybridized carbons (Fsp3) is 0.231. The number of rotatable bonds is 11. The minimum atomic E-state index is -2.43. The Balaban J connectivity index is 1.55. The van der Waals surface area contributed by atoms with Crippen LogP contribution in [0.2, 0.25) is 5.02 Å². The molecule has 1 aliphatic rings. The van der Waals surface area contributed by atoms with E-state index in [4.69, 9.17) is 16.3 Å². The number of nitrogens with one attached hydrogen (secondary N) is 4. The van der Waals surface area contributed by atoms with Gasteiger partial charge in [0, 0.05) is 29.1 Å². The second-order valence-electron chi connectivity index (χ2n) is 8.54. The summed E-state index contributed by atoms with van der Waals surface area (Å²) in [5, 5.41) is 13.7. The predicted octanol–water partition coefficient (Wildman–Crippen LogP) is 4.48. The van der Waals surface area contributed by atoms with Gasteiger partial charge in [0.2, 0.25) is 5.91 Å². The number of thioether (sulfide) groups is 1. The lowest BCUT2D eigenvalue weighted by Gasteiger charge is -2.25. The first-order chi connectivity index (χ1) is 18.8. The van der Waals surface area contributed by atoms with Gasteiger partial charge in [0.15, 0.2) is 0 Å². The molecule has 3 aromatic rings. The van der Waals surface area contributed by atoms with Crippen LogP contribution in [-0.4, -0.2) is 40.0 Å². The van der Waals surface area contributed by atoms with Gasteiger partial charge >= 0.3 is 6.09 Å². The Kier molecular flexibility index (Phi) is 10.3. The van der Waals surface area contributed by atoms with E-state index in [-0.39, 0.29) is 17.7 Å². The molecule has 0 bridgehead atoms. The van der Waals surface area contributed by atoms with Gasteiger partial charge in [-0.15, -0.1) is 23.1 Å². The molecule has 2 unspecified atom stereocenters. The molecule has 1 aliphatic heterocycles. The number of carbonyl (C=O) groups is 2. The first-order valence-electron chi connectivity index (χ1n) is 11.8. The lowest BCUT2D eigenvalue weighted by atomic mass is 10.0. The lowest BCUT2D eigenvalue weighted by Crippen LogP contribution is -2.52. The minimum absolute atomic E-state index is 0.0983. The Morgan fingerprint density at radius 1 is 1.08 bits per heavy atom. The number of amides is 2. The van der Waals surface area contributed by atoms with Crippen LogP contribution < -0.4 is 20.7 Å². The molecular formula is C26H26ClN4O5S3-. The SMILES string of the molecule is COC(=O)N[C@@H](Cc1ccccc1)C(=O)N[C@@H](Cc1ccc(NS(=O)[O-])cc1)C1=CSC(c2sccc2Cl)N1. The molecule has 9 nitrogen and oxygen atoms in total. The van der Waals surface area contributed by atoms with E-state index < -0.39 is 29.4 Å². The molecule has 0 aliphatic carbocycles. The van der Waals surface area contributed by atoms with Gasteiger partial charge in [-0.25, -0.2) is 4.79 Å². The van der Waals surface area contributed by atoms with Crippen molar-refractivity contribution in [3.05, 3.63) is 98.2 Å². The van der Waals surface area contributed by atoms with E-state index in [1.54, 1.807) is 47.4 Å². The molecule has 0 spiro atoms. The third-order valence-electron chi connectivity index (χ3n) is 5.88. The van der Waals surface area contributed by atoms with Gasteiger partial charge in [0.05, 0.1) is 23.1 Å². The highest BCUT2D eigenvalue weighted by Crippen LogP contribution is 2.41. The summed E-state index contributed by atoms with van der Waals surface area (Å²) in [6.45, 7) is 0.